The summed E-state index contributed by atoms with van der Waals surface area (Å²) in [5.74, 6) is 3.71. The Hall–Kier alpha value is 0. The van der Waals surface area contributed by atoms with Gasteiger partial charge in [-0.2, -0.15) is 0 Å². The first-order chi connectivity index (χ1) is 10.5. The molecule has 0 heterocycles. The van der Waals surface area contributed by atoms with E-state index in [9.17, 15) is 0 Å². The van der Waals surface area contributed by atoms with Gasteiger partial charge >= 0.3 is 0 Å². The second-order valence-corrected chi connectivity index (χ2v) is 11.5. The Kier molecular flexibility index (Phi) is 4.06. The highest BCUT2D eigenvalue weighted by molar-refractivity contribution is 5.18. The fourth-order valence-corrected chi connectivity index (χ4v) is 6.77. The smallest absolute Gasteiger partial charge is 0.0258 e. The summed E-state index contributed by atoms with van der Waals surface area (Å²) < 4.78 is 0. The zero-order valence-electron chi connectivity index (χ0n) is 17.3. The molecule has 6 aliphatic rings. The van der Waals surface area contributed by atoms with E-state index in [0.29, 0.717) is 0 Å². The zero-order valence-corrected chi connectivity index (χ0v) is 17.3. The maximum Gasteiger partial charge on any atom is -0.0258 e. The highest BCUT2D eigenvalue weighted by atomic mass is 14.7. The summed E-state index contributed by atoms with van der Waals surface area (Å²) in [6, 6.07) is 0. The summed E-state index contributed by atoms with van der Waals surface area (Å²) in [6.07, 6.45) is 10.7. The Morgan fingerprint density at radius 2 is 0.609 bits per heavy atom. The second kappa shape index (κ2) is 5.25. The minimum atomic E-state index is 0.782. The van der Waals surface area contributed by atoms with Crippen LogP contribution in [0.25, 0.3) is 0 Å². The lowest BCUT2D eigenvalue weighted by Crippen LogP contribution is -2.66. The van der Waals surface area contributed by atoms with Gasteiger partial charge in [0.1, 0.15) is 0 Å². The molecule has 0 N–H and O–H groups in total. The zero-order chi connectivity index (χ0) is 17.3. The maximum atomic E-state index is 2.41. The molecule has 6 saturated carbocycles. The van der Waals surface area contributed by atoms with Crippen LogP contribution in [0.3, 0.4) is 0 Å². The summed E-state index contributed by atoms with van der Waals surface area (Å²) >= 11 is 0. The molecule has 0 aliphatic heterocycles. The molecule has 0 atom stereocenters. The summed E-state index contributed by atoms with van der Waals surface area (Å²) in [5, 5.41) is 0. The standard InChI is InChI=1S/C12H22.C11H20/c1-9(2)11-5-6-12(7-11,8-11)10(3)4;1-8(2)10-5-11(6-10,7-10)9(3)4/h9-10H,5-8H2,1-4H3;8-9H,5-7H2,1-4H3. The lowest BCUT2D eigenvalue weighted by atomic mass is 9.30. The fourth-order valence-electron chi connectivity index (χ4n) is 6.77. The first-order valence-electron chi connectivity index (χ1n) is 10.5. The normalized spacial score (nSPS) is 46.4. The quantitative estimate of drug-likeness (QED) is 0.509. The lowest BCUT2D eigenvalue weighted by Gasteiger charge is -2.75. The van der Waals surface area contributed by atoms with Crippen molar-refractivity contribution in [2.75, 3.05) is 0 Å². The monoisotopic (exact) mass is 318 g/mol. The van der Waals surface area contributed by atoms with E-state index in [1.165, 1.54) is 44.9 Å². The molecule has 0 saturated heterocycles. The van der Waals surface area contributed by atoms with Crippen molar-refractivity contribution in [3.8, 4) is 0 Å². The molecule has 4 bridgehead atoms. The van der Waals surface area contributed by atoms with Gasteiger partial charge in [0, 0.05) is 0 Å². The van der Waals surface area contributed by atoms with Crippen molar-refractivity contribution >= 4 is 0 Å². The fraction of sp³-hybridized carbons (Fsp3) is 1.00. The van der Waals surface area contributed by atoms with Crippen LogP contribution in [0, 0.1) is 45.3 Å². The van der Waals surface area contributed by atoms with Gasteiger partial charge in [0.2, 0.25) is 0 Å². The Morgan fingerprint density at radius 1 is 0.391 bits per heavy atom. The predicted molar refractivity (Wildman–Crippen MR) is 101 cm³/mol. The van der Waals surface area contributed by atoms with Crippen LogP contribution in [-0.2, 0) is 0 Å². The summed E-state index contributed by atoms with van der Waals surface area (Å²) in [6.45, 7) is 19.2. The molecule has 0 aromatic rings. The van der Waals surface area contributed by atoms with Crippen LogP contribution in [-0.4, -0.2) is 0 Å². The molecule has 23 heavy (non-hydrogen) atoms. The van der Waals surface area contributed by atoms with Crippen molar-refractivity contribution in [1.82, 2.24) is 0 Å². The molecular formula is C23H42. The molecule has 0 aromatic carbocycles. The van der Waals surface area contributed by atoms with Gasteiger partial charge in [-0.25, -0.2) is 0 Å². The van der Waals surface area contributed by atoms with Crippen molar-refractivity contribution in [2.45, 2.75) is 100 Å². The summed E-state index contributed by atoms with van der Waals surface area (Å²) in [7, 11) is 0. The largest absolute Gasteiger partial charge is 0.0622 e. The predicted octanol–water partition coefficient (Wildman–Crippen LogP) is 7.33. The Labute approximate surface area is 146 Å². The van der Waals surface area contributed by atoms with Gasteiger partial charge in [0.05, 0.1) is 0 Å². The van der Waals surface area contributed by atoms with Crippen molar-refractivity contribution in [2.24, 2.45) is 45.3 Å². The molecule has 0 nitrogen and oxygen atoms in total. The van der Waals surface area contributed by atoms with Crippen molar-refractivity contribution in [3.63, 3.8) is 0 Å². The van der Waals surface area contributed by atoms with Gasteiger partial charge in [-0.1, -0.05) is 55.4 Å². The van der Waals surface area contributed by atoms with Crippen LogP contribution in [0.15, 0.2) is 0 Å². The van der Waals surface area contributed by atoms with E-state index in [1.54, 1.807) is 0 Å². The second-order valence-electron chi connectivity index (χ2n) is 11.5. The van der Waals surface area contributed by atoms with Crippen LogP contribution < -0.4 is 0 Å². The molecular weight excluding hydrogens is 276 g/mol. The Morgan fingerprint density at radius 3 is 0.783 bits per heavy atom. The third-order valence-corrected chi connectivity index (χ3v) is 9.54. The molecule has 0 amide bonds. The molecule has 0 radical (unpaired) electrons. The van der Waals surface area contributed by atoms with Gasteiger partial charge in [0.25, 0.3) is 0 Å². The van der Waals surface area contributed by atoms with Gasteiger partial charge in [0.15, 0.2) is 0 Å². The molecule has 0 spiro atoms. The Balaban J connectivity index is 0.000000136. The molecule has 6 aliphatic carbocycles. The van der Waals surface area contributed by atoms with E-state index in [1.807, 2.05) is 0 Å². The number of fused-ring (bicyclic) bond motifs is 1. The van der Waals surface area contributed by atoms with Crippen LogP contribution in [0.5, 0.6) is 0 Å². The first kappa shape index (κ1) is 17.8. The number of hydrogen-bond acceptors (Lipinski definition) is 0. The number of rotatable bonds is 4. The van der Waals surface area contributed by atoms with Gasteiger partial charge < -0.3 is 0 Å². The van der Waals surface area contributed by atoms with Gasteiger partial charge in [-0.3, -0.25) is 0 Å². The third-order valence-electron chi connectivity index (χ3n) is 9.54. The molecule has 134 valence electrons. The summed E-state index contributed by atoms with van der Waals surface area (Å²) in [4.78, 5) is 0. The third kappa shape index (κ3) is 2.36. The average Bonchev–Trinajstić information content (AvgIpc) is 2.79. The van der Waals surface area contributed by atoms with Crippen LogP contribution >= 0.6 is 0 Å². The highest BCUT2D eigenvalue weighted by Gasteiger charge is 2.69. The number of hydrogen-bond donors (Lipinski definition) is 0. The maximum absolute atomic E-state index is 2.41. The molecule has 0 unspecified atom stereocenters. The van der Waals surface area contributed by atoms with E-state index in [-0.39, 0.29) is 0 Å². The van der Waals surface area contributed by atoms with E-state index >= 15 is 0 Å². The van der Waals surface area contributed by atoms with E-state index in [2.05, 4.69) is 55.4 Å². The van der Waals surface area contributed by atoms with Crippen molar-refractivity contribution in [3.05, 3.63) is 0 Å². The first-order valence-corrected chi connectivity index (χ1v) is 10.5. The Bertz CT molecular complexity index is 387. The highest BCUT2D eigenvalue weighted by Crippen LogP contribution is 2.78. The van der Waals surface area contributed by atoms with Crippen LogP contribution in [0.4, 0.5) is 0 Å². The van der Waals surface area contributed by atoms with Crippen molar-refractivity contribution < 1.29 is 0 Å². The van der Waals surface area contributed by atoms with Gasteiger partial charge in [-0.15, -0.1) is 0 Å². The SMILES string of the molecule is CC(C)C12CC(C(C)C)(C1)C2.CC(C)C12CCC(C(C)C)(C1)C2. The molecule has 0 aromatic heterocycles. The van der Waals surface area contributed by atoms with E-state index in [0.717, 1.165) is 45.3 Å². The minimum Gasteiger partial charge on any atom is -0.0622 e. The lowest BCUT2D eigenvalue weighted by molar-refractivity contribution is -0.252. The van der Waals surface area contributed by atoms with Crippen molar-refractivity contribution in [1.29, 1.82) is 0 Å². The minimum absolute atomic E-state index is 0.782. The van der Waals surface area contributed by atoms with Crippen LogP contribution in [0.2, 0.25) is 0 Å². The average molecular weight is 319 g/mol. The molecule has 0 heteroatoms. The molecule has 6 fully saturated rings. The van der Waals surface area contributed by atoms with E-state index in [4.69, 9.17) is 0 Å². The topological polar surface area (TPSA) is 0 Å². The van der Waals surface area contributed by atoms with Crippen LogP contribution in [0.1, 0.15) is 100 Å². The van der Waals surface area contributed by atoms with E-state index < -0.39 is 0 Å². The van der Waals surface area contributed by atoms with Gasteiger partial charge in [-0.05, 0) is 90.3 Å². The molecule has 6 rings (SSSR count). The summed E-state index contributed by atoms with van der Waals surface area (Å²) in [5.41, 5.74) is 3.18.